The van der Waals surface area contributed by atoms with E-state index < -0.39 is 41.0 Å². The first kappa shape index (κ1) is 23.1. The zero-order valence-corrected chi connectivity index (χ0v) is 19.2. The van der Waals surface area contributed by atoms with Gasteiger partial charge in [0.25, 0.3) is 0 Å². The monoisotopic (exact) mass is 448 g/mol. The van der Waals surface area contributed by atoms with Gasteiger partial charge in [0.2, 0.25) is 18.6 Å². The maximum Gasteiger partial charge on any atom is 0.333 e. The average molecular weight is 449 g/mol. The molecule has 0 bridgehead atoms. The third-order valence-corrected chi connectivity index (χ3v) is 6.76. The second-order valence-electron chi connectivity index (χ2n) is 9.23. The van der Waals surface area contributed by atoms with Crippen LogP contribution in [-0.2, 0) is 35.1 Å². The molecule has 0 saturated carbocycles. The van der Waals surface area contributed by atoms with E-state index >= 15 is 0 Å². The summed E-state index contributed by atoms with van der Waals surface area (Å²) in [5.41, 5.74) is 0.146. The lowest BCUT2D eigenvalue weighted by molar-refractivity contribution is -0.180. The second kappa shape index (κ2) is 8.53. The van der Waals surface area contributed by atoms with Gasteiger partial charge in [-0.3, -0.25) is 14.4 Å². The van der Waals surface area contributed by atoms with Gasteiger partial charge in [0.1, 0.15) is 17.5 Å². The average Bonchev–Trinajstić information content (AvgIpc) is 2.94. The standard InChI is InChI=1S/C22H28N2O6S/c1-21(2,3)20(28)30-12-29-19(27)16-22(4,5)31-18-15(17(26)24(16)18)23-14(25)11-13-9-7-6-8-10-13/h6-10,15-16,18H,11-12H2,1-5H3,(H,23,25). The number of ether oxygens (including phenoxy) is 2. The Morgan fingerprint density at radius 3 is 2.39 bits per heavy atom. The molecule has 2 amide bonds. The number of carbonyl (C=O) groups is 4. The minimum absolute atomic E-state index is 0.177. The molecule has 1 N–H and O–H groups in total. The molecule has 3 rings (SSSR count). The molecule has 0 aromatic heterocycles. The van der Waals surface area contributed by atoms with Crippen LogP contribution in [0.5, 0.6) is 0 Å². The number of benzene rings is 1. The van der Waals surface area contributed by atoms with Crippen molar-refractivity contribution in [3.8, 4) is 0 Å². The number of amides is 2. The number of thioether (sulfide) groups is 1. The first-order chi connectivity index (χ1) is 14.4. The number of β-lactam (4-membered cyclic amide) rings is 1. The first-order valence-corrected chi connectivity index (χ1v) is 11.0. The van der Waals surface area contributed by atoms with Crippen LogP contribution in [0.15, 0.2) is 30.3 Å². The molecule has 31 heavy (non-hydrogen) atoms. The molecule has 3 unspecified atom stereocenters. The van der Waals surface area contributed by atoms with E-state index in [0.29, 0.717) is 0 Å². The molecule has 1 aromatic carbocycles. The van der Waals surface area contributed by atoms with Crippen LogP contribution < -0.4 is 5.32 Å². The van der Waals surface area contributed by atoms with Crippen LogP contribution in [0.3, 0.4) is 0 Å². The van der Waals surface area contributed by atoms with Crippen LogP contribution in [0.25, 0.3) is 0 Å². The summed E-state index contributed by atoms with van der Waals surface area (Å²) >= 11 is 1.44. The number of nitrogens with zero attached hydrogens (tertiary/aromatic N) is 1. The van der Waals surface area contributed by atoms with E-state index in [4.69, 9.17) is 9.47 Å². The predicted molar refractivity (Wildman–Crippen MR) is 115 cm³/mol. The van der Waals surface area contributed by atoms with Crippen molar-refractivity contribution in [3.63, 3.8) is 0 Å². The Hall–Kier alpha value is -2.55. The highest BCUT2D eigenvalue weighted by Gasteiger charge is 2.64. The number of hydrogen-bond donors (Lipinski definition) is 1. The Bertz CT molecular complexity index is 880. The Morgan fingerprint density at radius 2 is 1.77 bits per heavy atom. The summed E-state index contributed by atoms with van der Waals surface area (Å²) in [5.74, 6) is -1.69. The summed E-state index contributed by atoms with van der Waals surface area (Å²) < 4.78 is 9.52. The normalized spacial score (nSPS) is 24.1. The van der Waals surface area contributed by atoms with Gasteiger partial charge < -0.3 is 19.7 Å². The van der Waals surface area contributed by atoms with Gasteiger partial charge in [-0.25, -0.2) is 4.79 Å². The summed E-state index contributed by atoms with van der Waals surface area (Å²) in [6, 6.07) is 7.75. The van der Waals surface area contributed by atoms with Crippen molar-refractivity contribution >= 4 is 35.5 Å². The third kappa shape index (κ3) is 4.87. The predicted octanol–water partition coefficient (Wildman–Crippen LogP) is 1.87. The van der Waals surface area contributed by atoms with Gasteiger partial charge in [0.05, 0.1) is 11.8 Å². The number of esters is 2. The van der Waals surface area contributed by atoms with E-state index in [-0.39, 0.29) is 23.6 Å². The largest absolute Gasteiger partial charge is 0.427 e. The van der Waals surface area contributed by atoms with Crippen LogP contribution in [-0.4, -0.2) is 57.7 Å². The molecular formula is C22H28N2O6S. The molecule has 0 spiro atoms. The fourth-order valence-electron chi connectivity index (χ4n) is 3.57. The van der Waals surface area contributed by atoms with Crippen molar-refractivity contribution in [1.29, 1.82) is 0 Å². The van der Waals surface area contributed by atoms with Crippen molar-refractivity contribution in [2.24, 2.45) is 5.41 Å². The molecule has 2 saturated heterocycles. The topological polar surface area (TPSA) is 102 Å². The van der Waals surface area contributed by atoms with Crippen LogP contribution >= 0.6 is 11.8 Å². The second-order valence-corrected chi connectivity index (χ2v) is 11.0. The summed E-state index contributed by atoms with van der Waals surface area (Å²) in [7, 11) is 0. The molecule has 0 radical (unpaired) electrons. The fourth-order valence-corrected chi connectivity index (χ4v) is 5.19. The number of nitrogens with one attached hydrogen (secondary N) is 1. The van der Waals surface area contributed by atoms with Crippen molar-refractivity contribution in [2.75, 3.05) is 6.79 Å². The van der Waals surface area contributed by atoms with Crippen molar-refractivity contribution in [2.45, 2.75) is 63.2 Å². The number of carbonyl (C=O) groups excluding carboxylic acids is 4. The van der Waals surface area contributed by atoms with Crippen LogP contribution in [0.2, 0.25) is 0 Å². The molecular weight excluding hydrogens is 420 g/mol. The zero-order valence-electron chi connectivity index (χ0n) is 18.3. The highest BCUT2D eigenvalue weighted by molar-refractivity contribution is 8.01. The SMILES string of the molecule is CC(C)(C)C(=O)OCOC(=O)C1N2C(=O)C(NC(=O)Cc3ccccc3)C2SC1(C)C. The Kier molecular flexibility index (Phi) is 6.36. The summed E-state index contributed by atoms with van der Waals surface area (Å²) in [6.45, 7) is 8.28. The molecule has 2 aliphatic rings. The lowest BCUT2D eigenvalue weighted by Crippen LogP contribution is -2.70. The van der Waals surface area contributed by atoms with Crippen molar-refractivity contribution in [1.82, 2.24) is 10.2 Å². The van der Waals surface area contributed by atoms with E-state index in [0.717, 1.165) is 5.56 Å². The van der Waals surface area contributed by atoms with Crippen LogP contribution in [0.1, 0.15) is 40.2 Å². The summed E-state index contributed by atoms with van der Waals surface area (Å²) in [5, 5.41) is 2.44. The van der Waals surface area contributed by atoms with Crippen LogP contribution in [0, 0.1) is 5.41 Å². The molecule has 2 aliphatic heterocycles. The molecule has 3 atom stereocenters. The molecule has 1 aromatic rings. The lowest BCUT2D eigenvalue weighted by Gasteiger charge is -2.43. The molecule has 2 fully saturated rings. The Labute approximate surface area is 186 Å². The van der Waals surface area contributed by atoms with Gasteiger partial charge >= 0.3 is 11.9 Å². The van der Waals surface area contributed by atoms with Gasteiger partial charge in [-0.1, -0.05) is 30.3 Å². The minimum atomic E-state index is -0.828. The molecule has 2 heterocycles. The van der Waals surface area contributed by atoms with Crippen molar-refractivity contribution in [3.05, 3.63) is 35.9 Å². The van der Waals surface area contributed by atoms with Gasteiger partial charge in [0.15, 0.2) is 0 Å². The van der Waals surface area contributed by atoms with E-state index in [1.807, 2.05) is 44.2 Å². The number of rotatable bonds is 6. The maximum absolute atomic E-state index is 12.8. The van der Waals surface area contributed by atoms with E-state index in [1.54, 1.807) is 20.8 Å². The Balaban J connectivity index is 1.58. The minimum Gasteiger partial charge on any atom is -0.427 e. The quantitative estimate of drug-likeness (QED) is 0.403. The zero-order chi connectivity index (χ0) is 23.0. The van der Waals surface area contributed by atoms with E-state index in [2.05, 4.69) is 5.32 Å². The van der Waals surface area contributed by atoms with E-state index in [1.165, 1.54) is 16.7 Å². The van der Waals surface area contributed by atoms with Gasteiger partial charge in [-0.05, 0) is 40.2 Å². The number of hydrogen-bond acceptors (Lipinski definition) is 7. The lowest BCUT2D eigenvalue weighted by atomic mass is 9.96. The highest BCUT2D eigenvalue weighted by Crippen LogP contribution is 2.51. The maximum atomic E-state index is 12.8. The Morgan fingerprint density at radius 1 is 1.13 bits per heavy atom. The molecule has 168 valence electrons. The van der Waals surface area contributed by atoms with E-state index in [9.17, 15) is 19.2 Å². The van der Waals surface area contributed by atoms with Crippen molar-refractivity contribution < 1.29 is 28.7 Å². The smallest absolute Gasteiger partial charge is 0.333 e. The highest BCUT2D eigenvalue weighted by atomic mass is 32.2. The molecule has 0 aliphatic carbocycles. The molecule has 9 heteroatoms. The summed E-state index contributed by atoms with van der Waals surface area (Å²) in [6.07, 6.45) is 0.177. The fraction of sp³-hybridized carbons (Fsp3) is 0.545. The molecule has 8 nitrogen and oxygen atoms in total. The first-order valence-electron chi connectivity index (χ1n) is 10.1. The number of fused-ring (bicyclic) bond motifs is 1. The third-order valence-electron chi connectivity index (χ3n) is 5.19. The van der Waals surface area contributed by atoms with Crippen LogP contribution in [0.4, 0.5) is 0 Å². The van der Waals surface area contributed by atoms with Gasteiger partial charge in [-0.2, -0.15) is 0 Å². The van der Waals surface area contributed by atoms with Gasteiger partial charge in [0, 0.05) is 4.75 Å². The van der Waals surface area contributed by atoms with Gasteiger partial charge in [-0.15, -0.1) is 11.8 Å². The summed E-state index contributed by atoms with van der Waals surface area (Å²) in [4.78, 5) is 51.1.